The zero-order chi connectivity index (χ0) is 22.1. The summed E-state index contributed by atoms with van der Waals surface area (Å²) in [4.78, 5) is 15.0. The zero-order valence-electron chi connectivity index (χ0n) is 18.5. The highest BCUT2D eigenvalue weighted by molar-refractivity contribution is 6.09. The molecule has 1 atom stereocenters. The molecule has 1 aliphatic heterocycles. The second-order valence-corrected chi connectivity index (χ2v) is 8.60. The van der Waals surface area contributed by atoms with E-state index in [0.29, 0.717) is 17.4 Å². The number of anilines is 2. The Morgan fingerprint density at radius 3 is 2.57 bits per heavy atom. The Bertz CT molecular complexity index is 1030. The van der Waals surface area contributed by atoms with Crippen LogP contribution in [0.1, 0.15) is 49.8 Å². The molecule has 156 valence electrons. The molecule has 0 radical (unpaired) electrons. The molecule has 0 spiro atoms. The maximum absolute atomic E-state index is 12.7. The first-order chi connectivity index (χ1) is 14.2. The van der Waals surface area contributed by atoms with E-state index in [1.54, 1.807) is 37.5 Å². The summed E-state index contributed by atoms with van der Waals surface area (Å²) in [6, 6.07) is 13.3. The number of methoxy groups -OCH3 is 1. The van der Waals surface area contributed by atoms with Crippen molar-refractivity contribution < 1.29 is 9.53 Å². The van der Waals surface area contributed by atoms with Gasteiger partial charge in [-0.15, -0.1) is 0 Å². The summed E-state index contributed by atoms with van der Waals surface area (Å²) in [5, 5.41) is 12.4. The van der Waals surface area contributed by atoms with E-state index in [9.17, 15) is 10.1 Å². The van der Waals surface area contributed by atoms with E-state index in [1.165, 1.54) is 11.3 Å². The third-order valence-electron chi connectivity index (χ3n) is 6.03. The number of fused-ring (bicyclic) bond motifs is 1. The SMILES string of the molecule is COc1ccc(NC(=O)/C(C#N)=C\c2cc3c(cc2C)N(C)C(C)(C)CC3C)cc1. The van der Waals surface area contributed by atoms with E-state index >= 15 is 0 Å². The van der Waals surface area contributed by atoms with E-state index in [2.05, 4.69) is 50.2 Å². The van der Waals surface area contributed by atoms with Gasteiger partial charge in [0.2, 0.25) is 0 Å². The number of rotatable bonds is 4. The van der Waals surface area contributed by atoms with Gasteiger partial charge in [0, 0.05) is 24.0 Å². The van der Waals surface area contributed by atoms with Crippen LogP contribution in [0.25, 0.3) is 6.08 Å². The van der Waals surface area contributed by atoms with Crippen molar-refractivity contribution in [2.45, 2.75) is 45.6 Å². The first kappa shape index (κ1) is 21.4. The molecule has 30 heavy (non-hydrogen) atoms. The zero-order valence-corrected chi connectivity index (χ0v) is 18.5. The van der Waals surface area contributed by atoms with Gasteiger partial charge in [0.25, 0.3) is 5.91 Å². The Hall–Kier alpha value is -3.26. The van der Waals surface area contributed by atoms with Crippen LogP contribution in [0, 0.1) is 18.3 Å². The van der Waals surface area contributed by atoms with Crippen LogP contribution in [-0.4, -0.2) is 25.6 Å². The monoisotopic (exact) mass is 403 g/mol. The molecule has 1 heterocycles. The van der Waals surface area contributed by atoms with Gasteiger partial charge < -0.3 is 15.0 Å². The summed E-state index contributed by atoms with van der Waals surface area (Å²) in [7, 11) is 3.72. The van der Waals surface area contributed by atoms with Crippen LogP contribution in [0.2, 0.25) is 0 Å². The summed E-state index contributed by atoms with van der Waals surface area (Å²) in [6.07, 6.45) is 2.73. The number of benzene rings is 2. The lowest BCUT2D eigenvalue weighted by atomic mass is 9.79. The predicted octanol–water partition coefficient (Wildman–Crippen LogP) is 5.27. The Balaban J connectivity index is 1.91. The molecule has 1 unspecified atom stereocenters. The second-order valence-electron chi connectivity index (χ2n) is 8.60. The molecule has 3 rings (SSSR count). The minimum atomic E-state index is -0.425. The molecule has 0 aromatic heterocycles. The number of amides is 1. The standard InChI is InChI=1S/C25H29N3O2/c1-16-11-23-22(17(2)14-25(3,4)28(23)5)13-18(16)12-19(15-26)24(29)27-20-7-9-21(30-6)10-8-20/h7-13,17H,14H2,1-6H3,(H,27,29)/b19-12-. The van der Waals surface area contributed by atoms with Gasteiger partial charge >= 0.3 is 0 Å². The van der Waals surface area contributed by atoms with E-state index in [-0.39, 0.29) is 11.1 Å². The van der Waals surface area contributed by atoms with Crippen molar-refractivity contribution in [3.05, 3.63) is 58.7 Å². The van der Waals surface area contributed by atoms with E-state index < -0.39 is 5.91 Å². The largest absolute Gasteiger partial charge is 0.497 e. The minimum absolute atomic E-state index is 0.0750. The number of carbonyl (C=O) groups excluding carboxylic acids is 1. The van der Waals surface area contributed by atoms with Gasteiger partial charge in [0.1, 0.15) is 17.4 Å². The van der Waals surface area contributed by atoms with Crippen molar-refractivity contribution in [3.63, 3.8) is 0 Å². The summed E-state index contributed by atoms with van der Waals surface area (Å²) in [5.74, 6) is 0.680. The van der Waals surface area contributed by atoms with Crippen molar-refractivity contribution in [1.82, 2.24) is 0 Å². The van der Waals surface area contributed by atoms with Gasteiger partial charge in [-0.25, -0.2) is 0 Å². The quantitative estimate of drug-likeness (QED) is 0.558. The summed E-state index contributed by atoms with van der Waals surface area (Å²) < 4.78 is 5.13. The van der Waals surface area contributed by atoms with Gasteiger partial charge in [0.15, 0.2) is 0 Å². The van der Waals surface area contributed by atoms with Crippen LogP contribution in [-0.2, 0) is 4.79 Å². The Labute approximate surface area is 179 Å². The molecular formula is C25H29N3O2. The Morgan fingerprint density at radius 2 is 1.97 bits per heavy atom. The molecule has 2 aromatic carbocycles. The minimum Gasteiger partial charge on any atom is -0.497 e. The van der Waals surface area contributed by atoms with Crippen LogP contribution < -0.4 is 15.0 Å². The maximum Gasteiger partial charge on any atom is 0.266 e. The van der Waals surface area contributed by atoms with Gasteiger partial charge in [-0.05, 0) is 92.3 Å². The molecular weight excluding hydrogens is 374 g/mol. The molecule has 5 nitrogen and oxygen atoms in total. The van der Waals surface area contributed by atoms with Crippen LogP contribution >= 0.6 is 0 Å². The molecule has 0 saturated heterocycles. The third-order valence-corrected chi connectivity index (χ3v) is 6.03. The number of nitrogens with one attached hydrogen (secondary N) is 1. The van der Waals surface area contributed by atoms with Crippen molar-refractivity contribution in [2.24, 2.45) is 0 Å². The van der Waals surface area contributed by atoms with Gasteiger partial charge in [-0.2, -0.15) is 5.26 Å². The van der Waals surface area contributed by atoms with Crippen molar-refractivity contribution in [1.29, 1.82) is 5.26 Å². The molecule has 0 aliphatic carbocycles. The second kappa shape index (κ2) is 8.23. The number of aryl methyl sites for hydroxylation is 1. The molecule has 0 saturated carbocycles. The van der Waals surface area contributed by atoms with Crippen LogP contribution in [0.5, 0.6) is 5.75 Å². The molecule has 1 amide bonds. The predicted molar refractivity (Wildman–Crippen MR) is 122 cm³/mol. The fourth-order valence-electron chi connectivity index (χ4n) is 4.07. The maximum atomic E-state index is 12.7. The number of hydrogen-bond acceptors (Lipinski definition) is 4. The van der Waals surface area contributed by atoms with Gasteiger partial charge in [-0.1, -0.05) is 6.92 Å². The van der Waals surface area contributed by atoms with Crippen molar-refractivity contribution in [2.75, 3.05) is 24.4 Å². The van der Waals surface area contributed by atoms with E-state index in [1.807, 2.05) is 13.0 Å². The van der Waals surface area contributed by atoms with Gasteiger partial charge in [-0.3, -0.25) is 4.79 Å². The van der Waals surface area contributed by atoms with Crippen molar-refractivity contribution in [3.8, 4) is 11.8 Å². The molecule has 2 aromatic rings. The average molecular weight is 404 g/mol. The number of hydrogen-bond donors (Lipinski definition) is 1. The summed E-state index contributed by atoms with van der Waals surface area (Å²) in [6.45, 7) is 8.76. The van der Waals surface area contributed by atoms with Crippen LogP contribution in [0.4, 0.5) is 11.4 Å². The molecule has 5 heteroatoms. The number of carbonyl (C=O) groups is 1. The summed E-state index contributed by atoms with van der Waals surface area (Å²) in [5.41, 5.74) is 5.18. The normalized spacial score (nSPS) is 17.7. The smallest absolute Gasteiger partial charge is 0.266 e. The molecule has 0 fully saturated rings. The molecule has 1 N–H and O–H groups in total. The third kappa shape index (κ3) is 4.18. The summed E-state index contributed by atoms with van der Waals surface area (Å²) >= 11 is 0. The first-order valence-corrected chi connectivity index (χ1v) is 10.1. The van der Waals surface area contributed by atoms with E-state index in [0.717, 1.165) is 17.5 Å². The topological polar surface area (TPSA) is 65.4 Å². The molecule has 1 aliphatic rings. The van der Waals surface area contributed by atoms with E-state index in [4.69, 9.17) is 4.74 Å². The fourth-order valence-corrected chi connectivity index (χ4v) is 4.07. The lowest BCUT2D eigenvalue weighted by Crippen LogP contribution is -2.45. The average Bonchev–Trinajstić information content (AvgIpc) is 2.71. The Kier molecular flexibility index (Phi) is 5.89. The first-order valence-electron chi connectivity index (χ1n) is 10.1. The highest BCUT2D eigenvalue weighted by Crippen LogP contribution is 2.43. The van der Waals surface area contributed by atoms with Crippen molar-refractivity contribution >= 4 is 23.4 Å². The highest BCUT2D eigenvalue weighted by atomic mass is 16.5. The van der Waals surface area contributed by atoms with Gasteiger partial charge in [0.05, 0.1) is 7.11 Å². The number of ether oxygens (including phenoxy) is 1. The fraction of sp³-hybridized carbons (Fsp3) is 0.360. The highest BCUT2D eigenvalue weighted by Gasteiger charge is 2.34. The number of nitrogens with zero attached hydrogens (tertiary/aromatic N) is 2. The lowest BCUT2D eigenvalue weighted by Gasteiger charge is -2.45. The molecule has 0 bridgehead atoms. The Morgan fingerprint density at radius 1 is 1.30 bits per heavy atom. The van der Waals surface area contributed by atoms with Crippen LogP contribution in [0.3, 0.4) is 0 Å². The van der Waals surface area contributed by atoms with Crippen LogP contribution in [0.15, 0.2) is 42.0 Å². The lowest BCUT2D eigenvalue weighted by molar-refractivity contribution is -0.112. The number of nitriles is 1.